The van der Waals surface area contributed by atoms with E-state index in [0.717, 1.165) is 5.56 Å². The molecule has 0 spiro atoms. The minimum absolute atomic E-state index is 0.344. The Kier molecular flexibility index (Phi) is 3.84. The highest BCUT2D eigenvalue weighted by molar-refractivity contribution is 5.68. The molecular weight excluding hydrogens is 256 g/mol. The summed E-state index contributed by atoms with van der Waals surface area (Å²) in [6.07, 6.45) is -0.344. The number of carbonyl (C=O) groups is 1. The Hall–Kier alpha value is -2.22. The summed E-state index contributed by atoms with van der Waals surface area (Å²) in [5.41, 5.74) is 0.913. The molecule has 1 aromatic rings. The van der Waals surface area contributed by atoms with Gasteiger partial charge in [-0.25, -0.2) is 9.64 Å². The number of carbonyl (C=O) groups excluding carboxylic acids is 1. The number of hydrogen-bond acceptors (Lipinski definition) is 3. The maximum Gasteiger partial charge on any atom is 0.410 e. The third-order valence-corrected chi connectivity index (χ3v) is 2.81. The van der Waals surface area contributed by atoms with Gasteiger partial charge in [-0.15, -0.1) is 0 Å². The van der Waals surface area contributed by atoms with Crippen molar-refractivity contribution in [2.45, 2.75) is 32.9 Å². The molecule has 1 amide bonds. The third kappa shape index (κ3) is 3.41. The number of ether oxygens (including phenoxy) is 2. The molecule has 5 heteroatoms. The molecule has 0 N–H and O–H groups in total. The monoisotopic (exact) mass is 274 g/mol. The van der Waals surface area contributed by atoms with E-state index in [0.29, 0.717) is 31.1 Å². The smallest absolute Gasteiger partial charge is 0.410 e. The van der Waals surface area contributed by atoms with E-state index < -0.39 is 5.60 Å². The van der Waals surface area contributed by atoms with E-state index in [-0.39, 0.29) is 6.09 Å². The quantitative estimate of drug-likeness (QED) is 0.681. The van der Waals surface area contributed by atoms with E-state index in [2.05, 4.69) is 4.85 Å². The molecule has 5 nitrogen and oxygen atoms in total. The molecule has 1 aromatic carbocycles. The molecule has 0 fully saturated rings. The van der Waals surface area contributed by atoms with Crippen LogP contribution in [0.1, 0.15) is 26.3 Å². The number of fused-ring (bicyclic) bond motifs is 1. The summed E-state index contributed by atoms with van der Waals surface area (Å²) in [5, 5.41) is 0. The van der Waals surface area contributed by atoms with Crippen LogP contribution in [0.4, 0.5) is 10.5 Å². The van der Waals surface area contributed by atoms with Gasteiger partial charge in [0.15, 0.2) is 5.69 Å². The molecule has 2 rings (SSSR count). The zero-order valence-electron chi connectivity index (χ0n) is 12.0. The van der Waals surface area contributed by atoms with Crippen LogP contribution in [0.3, 0.4) is 0 Å². The van der Waals surface area contributed by atoms with Crippen LogP contribution < -0.4 is 4.74 Å². The fourth-order valence-electron chi connectivity index (χ4n) is 1.91. The van der Waals surface area contributed by atoms with Crippen molar-refractivity contribution in [1.29, 1.82) is 0 Å². The Morgan fingerprint density at radius 1 is 1.45 bits per heavy atom. The summed E-state index contributed by atoms with van der Waals surface area (Å²) in [4.78, 5) is 17.1. The molecule has 0 saturated carbocycles. The molecular formula is C15H18N2O3. The van der Waals surface area contributed by atoms with E-state index in [1.807, 2.05) is 26.8 Å². The SMILES string of the molecule is [C-]#[N+]c1ccc2c(c1)OCCN(C(=O)OC(C)(C)C)C2. The highest BCUT2D eigenvalue weighted by atomic mass is 16.6. The number of amides is 1. The van der Waals surface area contributed by atoms with Crippen molar-refractivity contribution in [3.8, 4) is 5.75 Å². The molecule has 1 aliphatic rings. The van der Waals surface area contributed by atoms with E-state index in [4.69, 9.17) is 16.0 Å². The summed E-state index contributed by atoms with van der Waals surface area (Å²) in [6.45, 7) is 13.8. The number of rotatable bonds is 0. The molecule has 20 heavy (non-hydrogen) atoms. The van der Waals surface area contributed by atoms with Crippen LogP contribution in [0, 0.1) is 6.57 Å². The van der Waals surface area contributed by atoms with Gasteiger partial charge in [0, 0.05) is 5.56 Å². The third-order valence-electron chi connectivity index (χ3n) is 2.81. The zero-order chi connectivity index (χ0) is 14.8. The summed E-state index contributed by atoms with van der Waals surface area (Å²) in [6, 6.07) is 5.26. The van der Waals surface area contributed by atoms with Crippen LogP contribution >= 0.6 is 0 Å². The zero-order valence-corrected chi connectivity index (χ0v) is 12.0. The fraction of sp³-hybridized carbons (Fsp3) is 0.467. The van der Waals surface area contributed by atoms with Crippen LogP contribution in [0.15, 0.2) is 18.2 Å². The second-order valence-electron chi connectivity index (χ2n) is 5.65. The Labute approximate surface area is 118 Å². The Morgan fingerprint density at radius 2 is 2.20 bits per heavy atom. The van der Waals surface area contributed by atoms with Gasteiger partial charge in [-0.05, 0) is 26.8 Å². The Balaban J connectivity index is 2.16. The molecule has 0 radical (unpaired) electrons. The predicted octanol–water partition coefficient (Wildman–Crippen LogP) is 3.37. The molecule has 0 bridgehead atoms. The number of hydrogen-bond donors (Lipinski definition) is 0. The first-order chi connectivity index (χ1) is 9.39. The maximum atomic E-state index is 12.1. The minimum atomic E-state index is -0.513. The average Bonchev–Trinajstić information content (AvgIpc) is 2.57. The van der Waals surface area contributed by atoms with Crippen molar-refractivity contribution in [1.82, 2.24) is 4.90 Å². The molecule has 106 valence electrons. The first kappa shape index (κ1) is 14.2. The molecule has 1 aliphatic heterocycles. The molecule has 0 atom stereocenters. The number of nitrogens with zero attached hydrogens (tertiary/aromatic N) is 2. The largest absolute Gasteiger partial charge is 0.493 e. The summed E-state index contributed by atoms with van der Waals surface area (Å²) in [7, 11) is 0. The van der Waals surface area contributed by atoms with Crippen molar-refractivity contribution in [2.75, 3.05) is 13.2 Å². The van der Waals surface area contributed by atoms with Crippen LogP contribution in [0.25, 0.3) is 4.85 Å². The van der Waals surface area contributed by atoms with Crippen LogP contribution in [-0.4, -0.2) is 29.7 Å². The van der Waals surface area contributed by atoms with Gasteiger partial charge in [0.1, 0.15) is 18.0 Å². The van der Waals surface area contributed by atoms with Gasteiger partial charge in [0.05, 0.1) is 19.7 Å². The van der Waals surface area contributed by atoms with Gasteiger partial charge >= 0.3 is 6.09 Å². The van der Waals surface area contributed by atoms with Crippen LogP contribution in [-0.2, 0) is 11.3 Å². The van der Waals surface area contributed by atoms with Gasteiger partial charge < -0.3 is 14.4 Å². The summed E-state index contributed by atoms with van der Waals surface area (Å²) >= 11 is 0. The molecule has 1 heterocycles. The first-order valence-electron chi connectivity index (χ1n) is 6.50. The Bertz CT molecular complexity index is 555. The summed E-state index contributed by atoms with van der Waals surface area (Å²) < 4.78 is 11.0. The molecule has 0 unspecified atom stereocenters. The maximum absolute atomic E-state index is 12.1. The highest BCUT2D eigenvalue weighted by Gasteiger charge is 2.25. The fourth-order valence-corrected chi connectivity index (χ4v) is 1.91. The normalized spacial score (nSPS) is 14.6. The van der Waals surface area contributed by atoms with Crippen molar-refractivity contribution in [3.05, 3.63) is 35.2 Å². The average molecular weight is 274 g/mol. The van der Waals surface area contributed by atoms with Gasteiger partial charge in [0.2, 0.25) is 0 Å². The van der Waals surface area contributed by atoms with E-state index >= 15 is 0 Å². The lowest BCUT2D eigenvalue weighted by atomic mass is 10.1. The van der Waals surface area contributed by atoms with Gasteiger partial charge in [-0.3, -0.25) is 0 Å². The second-order valence-corrected chi connectivity index (χ2v) is 5.65. The lowest BCUT2D eigenvalue weighted by molar-refractivity contribution is 0.0225. The summed E-state index contributed by atoms with van der Waals surface area (Å²) in [5.74, 6) is 0.671. The van der Waals surface area contributed by atoms with Gasteiger partial charge in [-0.1, -0.05) is 12.1 Å². The molecule has 0 aliphatic carbocycles. The van der Waals surface area contributed by atoms with Crippen molar-refractivity contribution in [2.24, 2.45) is 0 Å². The second kappa shape index (κ2) is 5.41. The number of benzene rings is 1. The van der Waals surface area contributed by atoms with Crippen LogP contribution in [0.2, 0.25) is 0 Å². The highest BCUT2D eigenvalue weighted by Crippen LogP contribution is 2.28. The van der Waals surface area contributed by atoms with Crippen molar-refractivity contribution < 1.29 is 14.3 Å². The van der Waals surface area contributed by atoms with Crippen molar-refractivity contribution >= 4 is 11.8 Å². The molecule has 0 aromatic heterocycles. The minimum Gasteiger partial charge on any atom is -0.493 e. The van der Waals surface area contributed by atoms with Crippen molar-refractivity contribution in [3.63, 3.8) is 0 Å². The Morgan fingerprint density at radius 3 is 2.85 bits per heavy atom. The van der Waals surface area contributed by atoms with Gasteiger partial charge in [-0.2, -0.15) is 0 Å². The predicted molar refractivity (Wildman–Crippen MR) is 74.8 cm³/mol. The standard InChI is InChI=1S/C15H18N2O3/c1-15(2,3)20-14(18)17-7-8-19-13-9-12(16-4)6-5-11(13)10-17/h5-6,9H,7-8,10H2,1-3H3. The van der Waals surface area contributed by atoms with E-state index in [1.54, 1.807) is 17.0 Å². The van der Waals surface area contributed by atoms with E-state index in [1.165, 1.54) is 0 Å². The lowest BCUT2D eigenvalue weighted by Crippen LogP contribution is -2.37. The lowest BCUT2D eigenvalue weighted by Gasteiger charge is -2.26. The van der Waals surface area contributed by atoms with Crippen LogP contribution in [0.5, 0.6) is 5.75 Å². The first-order valence-corrected chi connectivity index (χ1v) is 6.50. The van der Waals surface area contributed by atoms with Gasteiger partial charge in [0.25, 0.3) is 0 Å². The molecule has 0 saturated heterocycles. The van der Waals surface area contributed by atoms with E-state index in [9.17, 15) is 4.79 Å². The topological polar surface area (TPSA) is 43.1 Å².